The minimum atomic E-state index is -4.89. The van der Waals surface area contributed by atoms with Crippen LogP contribution in [0.1, 0.15) is 23.0 Å². The molecule has 2 aromatic carbocycles. The first-order valence-corrected chi connectivity index (χ1v) is 12.7. The summed E-state index contributed by atoms with van der Waals surface area (Å²) in [5.41, 5.74) is -1.67. The van der Waals surface area contributed by atoms with Gasteiger partial charge in [0.2, 0.25) is 0 Å². The number of hydrogen-bond donors (Lipinski definition) is 1. The van der Waals surface area contributed by atoms with E-state index in [4.69, 9.17) is 39.5 Å². The number of carbonyl (C=O) groups excluding carboxylic acids is 1. The maximum Gasteiger partial charge on any atom is 0.417 e. The molecule has 190 valence electrons. The van der Waals surface area contributed by atoms with E-state index in [1.54, 1.807) is 19.1 Å². The number of ether oxygens (including phenoxy) is 1. The summed E-state index contributed by atoms with van der Waals surface area (Å²) in [6, 6.07) is 7.43. The summed E-state index contributed by atoms with van der Waals surface area (Å²) < 4.78 is 73.6. The minimum absolute atomic E-state index is 0.0187. The van der Waals surface area contributed by atoms with Crippen molar-refractivity contribution >= 4 is 62.1 Å². The number of alkyl halides is 3. The third-order valence-corrected chi connectivity index (χ3v) is 7.31. The summed E-state index contributed by atoms with van der Waals surface area (Å²) in [6.45, 7) is 1.84. The van der Waals surface area contributed by atoms with E-state index in [2.05, 4.69) is 9.71 Å². The Balaban J connectivity index is 1.76. The van der Waals surface area contributed by atoms with Crippen LogP contribution < -0.4 is 14.4 Å². The Hall–Kier alpha value is -2.73. The molecule has 1 aliphatic rings. The van der Waals surface area contributed by atoms with E-state index >= 15 is 0 Å². The average Bonchev–Trinajstić information content (AvgIpc) is 2.77. The Morgan fingerprint density at radius 3 is 2.53 bits per heavy atom. The molecule has 1 aliphatic heterocycles. The van der Waals surface area contributed by atoms with Crippen LogP contribution in [-0.2, 0) is 16.2 Å². The maximum atomic E-state index is 13.6. The first-order chi connectivity index (χ1) is 16.8. The number of benzene rings is 2. The van der Waals surface area contributed by atoms with Crippen LogP contribution in [0.4, 0.5) is 24.5 Å². The highest BCUT2D eigenvalue weighted by Gasteiger charge is 2.36. The predicted molar refractivity (Wildman–Crippen MR) is 130 cm³/mol. The fraction of sp³-hybridized carbons (Fsp3) is 0.182. The van der Waals surface area contributed by atoms with Crippen molar-refractivity contribution < 1.29 is 31.1 Å². The van der Waals surface area contributed by atoms with Gasteiger partial charge in [0.1, 0.15) is 12.4 Å². The molecule has 1 atom stereocenters. The summed E-state index contributed by atoms with van der Waals surface area (Å²) in [5, 5.41) is -0.354. The van der Waals surface area contributed by atoms with Gasteiger partial charge in [-0.3, -0.25) is 14.4 Å². The Bertz CT molecular complexity index is 1470. The highest BCUT2D eigenvalue weighted by atomic mass is 35.5. The van der Waals surface area contributed by atoms with Crippen LogP contribution in [0.25, 0.3) is 0 Å². The Morgan fingerprint density at radius 1 is 1.11 bits per heavy atom. The van der Waals surface area contributed by atoms with Crippen LogP contribution in [0.2, 0.25) is 15.1 Å². The van der Waals surface area contributed by atoms with Crippen LogP contribution in [-0.4, -0.2) is 32.0 Å². The number of fused-ring (bicyclic) bond motifs is 1. The van der Waals surface area contributed by atoms with Gasteiger partial charge in [0.15, 0.2) is 5.69 Å². The number of halogens is 6. The Morgan fingerprint density at radius 2 is 1.83 bits per heavy atom. The zero-order valence-electron chi connectivity index (χ0n) is 18.1. The van der Waals surface area contributed by atoms with Gasteiger partial charge in [0.25, 0.3) is 15.9 Å². The zero-order valence-corrected chi connectivity index (χ0v) is 21.2. The molecular weight excluding hydrogens is 566 g/mol. The first kappa shape index (κ1) is 26.3. The lowest BCUT2D eigenvalue weighted by molar-refractivity contribution is -0.137. The summed E-state index contributed by atoms with van der Waals surface area (Å²) in [7, 11) is -4.62. The molecule has 0 spiro atoms. The fourth-order valence-electron chi connectivity index (χ4n) is 3.53. The van der Waals surface area contributed by atoms with Crippen molar-refractivity contribution in [3.05, 3.63) is 75.0 Å². The van der Waals surface area contributed by atoms with Crippen molar-refractivity contribution in [2.75, 3.05) is 16.2 Å². The summed E-state index contributed by atoms with van der Waals surface area (Å²) in [4.78, 5) is 18.2. The summed E-state index contributed by atoms with van der Waals surface area (Å²) in [5.74, 6) is -0.335. The lowest BCUT2D eigenvalue weighted by atomic mass is 10.1. The van der Waals surface area contributed by atoms with Crippen LogP contribution in [0.15, 0.2) is 53.6 Å². The van der Waals surface area contributed by atoms with Crippen LogP contribution >= 0.6 is 34.8 Å². The number of amides is 1. The number of pyridine rings is 1. The number of hydrogen-bond acceptors (Lipinski definition) is 5. The molecule has 0 radical (unpaired) electrons. The standard InChI is InChI=1S/C22H15Cl3F3N3O4S/c1-11-10-35-19-5-2-12(23)7-18(19)31(11)21(32)20-17(6-13(24)9-29-20)30-36(33,34)14-3-4-16(25)15(8-14)22(26,27)28/h2-9,11,30H,10H2,1H3. The SMILES string of the molecule is CC1COc2ccc(Cl)cc2N1C(=O)c1ncc(Cl)cc1NS(=O)(=O)c1ccc(Cl)c(C(F)(F)F)c1. The van der Waals surface area contributed by atoms with Crippen molar-refractivity contribution in [3.63, 3.8) is 0 Å². The molecule has 7 nitrogen and oxygen atoms in total. The van der Waals surface area contributed by atoms with E-state index in [0.29, 0.717) is 22.5 Å². The normalized spacial score (nSPS) is 15.8. The molecular formula is C22H15Cl3F3N3O4S. The topological polar surface area (TPSA) is 88.6 Å². The molecule has 14 heteroatoms. The number of aromatic nitrogens is 1. The van der Waals surface area contributed by atoms with E-state index in [-0.39, 0.29) is 23.0 Å². The third kappa shape index (κ3) is 5.19. The van der Waals surface area contributed by atoms with Gasteiger partial charge in [-0.15, -0.1) is 0 Å². The van der Waals surface area contributed by atoms with E-state index < -0.39 is 43.6 Å². The second kappa shape index (κ2) is 9.62. The number of nitrogens with one attached hydrogen (secondary N) is 1. The quantitative estimate of drug-likeness (QED) is 0.392. The van der Waals surface area contributed by atoms with E-state index in [9.17, 15) is 26.4 Å². The molecule has 1 unspecified atom stereocenters. The molecule has 1 amide bonds. The third-order valence-electron chi connectivity index (χ3n) is 5.17. The van der Waals surface area contributed by atoms with Crippen molar-refractivity contribution in [2.45, 2.75) is 24.0 Å². The van der Waals surface area contributed by atoms with Gasteiger partial charge in [-0.25, -0.2) is 13.4 Å². The molecule has 36 heavy (non-hydrogen) atoms. The number of carbonyl (C=O) groups is 1. The number of anilines is 2. The van der Waals surface area contributed by atoms with Crippen molar-refractivity contribution in [3.8, 4) is 5.75 Å². The van der Waals surface area contributed by atoms with Crippen molar-refractivity contribution in [1.82, 2.24) is 4.98 Å². The first-order valence-electron chi connectivity index (χ1n) is 10.1. The van der Waals surface area contributed by atoms with Gasteiger partial charge >= 0.3 is 6.18 Å². The highest BCUT2D eigenvalue weighted by Crippen LogP contribution is 2.39. The van der Waals surface area contributed by atoms with E-state index in [1.807, 2.05) is 0 Å². The molecule has 3 aromatic rings. The van der Waals surface area contributed by atoms with Crippen LogP contribution in [0, 0.1) is 0 Å². The van der Waals surface area contributed by atoms with Crippen molar-refractivity contribution in [2.24, 2.45) is 0 Å². The number of nitrogens with zero attached hydrogens (tertiary/aromatic N) is 2. The van der Waals surface area contributed by atoms with Crippen LogP contribution in [0.5, 0.6) is 5.75 Å². The Labute approximate surface area is 218 Å². The second-order valence-corrected chi connectivity index (χ2v) is 10.7. The largest absolute Gasteiger partial charge is 0.489 e. The molecule has 2 heterocycles. The zero-order chi connectivity index (χ0) is 26.4. The van der Waals surface area contributed by atoms with E-state index in [0.717, 1.165) is 24.4 Å². The minimum Gasteiger partial charge on any atom is -0.489 e. The number of sulfonamides is 1. The molecule has 1 N–H and O–H groups in total. The second-order valence-electron chi connectivity index (χ2n) is 7.74. The Kier molecular flexibility index (Phi) is 7.04. The van der Waals surface area contributed by atoms with Gasteiger partial charge in [0, 0.05) is 11.2 Å². The average molecular weight is 581 g/mol. The molecule has 0 bridgehead atoms. The predicted octanol–water partition coefficient (Wildman–Crippen LogP) is 6.29. The number of rotatable bonds is 4. The highest BCUT2D eigenvalue weighted by molar-refractivity contribution is 7.92. The molecule has 0 saturated carbocycles. The van der Waals surface area contributed by atoms with Crippen LogP contribution in [0.3, 0.4) is 0 Å². The van der Waals surface area contributed by atoms with Gasteiger partial charge in [-0.05, 0) is 49.4 Å². The molecule has 1 aromatic heterocycles. The fourth-order valence-corrected chi connectivity index (χ4v) is 5.16. The van der Waals surface area contributed by atoms with Gasteiger partial charge in [0.05, 0.1) is 37.9 Å². The summed E-state index contributed by atoms with van der Waals surface area (Å²) in [6.07, 6.45) is -3.75. The molecule has 0 fully saturated rings. The van der Waals surface area contributed by atoms with Gasteiger partial charge in [-0.2, -0.15) is 13.2 Å². The lowest BCUT2D eigenvalue weighted by Gasteiger charge is -2.35. The van der Waals surface area contributed by atoms with E-state index in [1.165, 1.54) is 11.0 Å². The van der Waals surface area contributed by atoms with Gasteiger partial charge < -0.3 is 4.74 Å². The van der Waals surface area contributed by atoms with Crippen molar-refractivity contribution in [1.29, 1.82) is 0 Å². The monoisotopic (exact) mass is 579 g/mol. The van der Waals surface area contributed by atoms with Gasteiger partial charge in [-0.1, -0.05) is 34.8 Å². The lowest BCUT2D eigenvalue weighted by Crippen LogP contribution is -2.45. The molecule has 0 saturated heterocycles. The smallest absolute Gasteiger partial charge is 0.417 e. The molecule has 0 aliphatic carbocycles. The summed E-state index contributed by atoms with van der Waals surface area (Å²) >= 11 is 17.7. The molecule has 4 rings (SSSR count). The maximum absolute atomic E-state index is 13.6.